The van der Waals surface area contributed by atoms with Crippen molar-refractivity contribution in [2.24, 2.45) is 7.05 Å². The number of rotatable bonds is 3. The van der Waals surface area contributed by atoms with E-state index in [-0.39, 0.29) is 0 Å². The van der Waals surface area contributed by atoms with E-state index in [1.807, 2.05) is 43.4 Å². The quantitative estimate of drug-likeness (QED) is 0.801. The van der Waals surface area contributed by atoms with E-state index in [4.69, 9.17) is 10.5 Å². The number of hydrogen-bond acceptors (Lipinski definition) is 4. The number of hydrogen-bond donors (Lipinski definition) is 1. The third-order valence-corrected chi connectivity index (χ3v) is 3.41. The zero-order valence-corrected chi connectivity index (χ0v) is 11.9. The number of nitrogen functional groups attached to an aromatic ring is 1. The first kappa shape index (κ1) is 13.2. The average molecular weight is 280 g/mol. The zero-order valence-electron chi connectivity index (χ0n) is 11.9. The molecule has 3 aromatic rings. The molecular formula is C16H16N4O. The third kappa shape index (κ3) is 2.33. The molecule has 2 N–H and O–H groups in total. The molecule has 0 spiro atoms. The molecule has 2 heterocycles. The summed E-state index contributed by atoms with van der Waals surface area (Å²) in [7, 11) is 3.48. The Labute approximate surface area is 123 Å². The van der Waals surface area contributed by atoms with Crippen molar-refractivity contribution in [1.29, 1.82) is 0 Å². The highest BCUT2D eigenvalue weighted by molar-refractivity contribution is 5.87. The van der Waals surface area contributed by atoms with Gasteiger partial charge in [-0.3, -0.25) is 9.67 Å². The van der Waals surface area contributed by atoms with Crippen LogP contribution in [0.15, 0.2) is 48.8 Å². The molecule has 21 heavy (non-hydrogen) atoms. The number of pyridine rings is 1. The van der Waals surface area contributed by atoms with Crippen LogP contribution in [0.3, 0.4) is 0 Å². The SMILES string of the molecule is COc1ccc(-c2nn(C)c(N)c2-c2cccnc2)cc1. The minimum absolute atomic E-state index is 0.619. The van der Waals surface area contributed by atoms with Gasteiger partial charge in [-0.1, -0.05) is 6.07 Å². The largest absolute Gasteiger partial charge is 0.497 e. The summed E-state index contributed by atoms with van der Waals surface area (Å²) in [6.45, 7) is 0. The zero-order chi connectivity index (χ0) is 14.8. The van der Waals surface area contributed by atoms with E-state index in [1.165, 1.54) is 0 Å². The Morgan fingerprint density at radius 2 is 1.86 bits per heavy atom. The van der Waals surface area contributed by atoms with Crippen molar-refractivity contribution in [3.63, 3.8) is 0 Å². The van der Waals surface area contributed by atoms with Gasteiger partial charge < -0.3 is 10.5 Å². The molecule has 0 saturated carbocycles. The maximum Gasteiger partial charge on any atom is 0.129 e. The van der Waals surface area contributed by atoms with E-state index in [0.717, 1.165) is 28.1 Å². The van der Waals surface area contributed by atoms with E-state index in [0.29, 0.717) is 5.82 Å². The highest BCUT2D eigenvalue weighted by Gasteiger charge is 2.17. The van der Waals surface area contributed by atoms with Crippen LogP contribution in [-0.4, -0.2) is 21.9 Å². The summed E-state index contributed by atoms with van der Waals surface area (Å²) in [6.07, 6.45) is 3.53. The van der Waals surface area contributed by atoms with Crippen molar-refractivity contribution >= 4 is 5.82 Å². The first-order chi connectivity index (χ1) is 10.2. The second-order valence-electron chi connectivity index (χ2n) is 4.70. The second-order valence-corrected chi connectivity index (χ2v) is 4.70. The Morgan fingerprint density at radius 3 is 2.48 bits per heavy atom. The molecule has 0 radical (unpaired) electrons. The molecule has 0 unspecified atom stereocenters. The lowest BCUT2D eigenvalue weighted by atomic mass is 10.0. The number of ether oxygens (including phenoxy) is 1. The summed E-state index contributed by atoms with van der Waals surface area (Å²) in [5.41, 5.74) is 9.85. The van der Waals surface area contributed by atoms with Crippen molar-refractivity contribution in [1.82, 2.24) is 14.8 Å². The van der Waals surface area contributed by atoms with E-state index >= 15 is 0 Å². The van der Waals surface area contributed by atoms with Crippen LogP contribution in [0.4, 0.5) is 5.82 Å². The van der Waals surface area contributed by atoms with Crippen LogP contribution in [0.2, 0.25) is 0 Å². The Hall–Kier alpha value is -2.82. The van der Waals surface area contributed by atoms with Crippen molar-refractivity contribution in [2.75, 3.05) is 12.8 Å². The van der Waals surface area contributed by atoms with Gasteiger partial charge in [0, 0.05) is 30.6 Å². The fraction of sp³-hybridized carbons (Fsp3) is 0.125. The van der Waals surface area contributed by atoms with Gasteiger partial charge in [-0.05, 0) is 30.3 Å². The summed E-state index contributed by atoms with van der Waals surface area (Å²) < 4.78 is 6.87. The molecule has 106 valence electrons. The molecule has 0 aliphatic heterocycles. The predicted molar refractivity (Wildman–Crippen MR) is 82.8 cm³/mol. The number of aryl methyl sites for hydroxylation is 1. The summed E-state index contributed by atoms with van der Waals surface area (Å²) in [5, 5.41) is 4.54. The van der Waals surface area contributed by atoms with Gasteiger partial charge in [-0.2, -0.15) is 5.10 Å². The average Bonchev–Trinajstić information content (AvgIpc) is 2.84. The highest BCUT2D eigenvalue weighted by atomic mass is 16.5. The first-order valence-electron chi connectivity index (χ1n) is 6.58. The summed E-state index contributed by atoms with van der Waals surface area (Å²) in [6, 6.07) is 11.6. The maximum absolute atomic E-state index is 6.18. The fourth-order valence-electron chi connectivity index (χ4n) is 2.28. The van der Waals surface area contributed by atoms with E-state index in [2.05, 4.69) is 10.1 Å². The molecule has 5 heteroatoms. The molecule has 0 aliphatic carbocycles. The van der Waals surface area contributed by atoms with Gasteiger partial charge in [-0.15, -0.1) is 0 Å². The molecule has 0 amide bonds. The van der Waals surface area contributed by atoms with Crippen LogP contribution < -0.4 is 10.5 Å². The van der Waals surface area contributed by atoms with Crippen molar-refractivity contribution in [3.8, 4) is 28.1 Å². The Bertz CT molecular complexity index is 748. The van der Waals surface area contributed by atoms with E-state index < -0.39 is 0 Å². The van der Waals surface area contributed by atoms with Gasteiger partial charge in [0.1, 0.15) is 17.3 Å². The highest BCUT2D eigenvalue weighted by Crippen LogP contribution is 2.35. The predicted octanol–water partition coefficient (Wildman–Crippen LogP) is 2.74. The number of nitrogens with two attached hydrogens (primary N) is 1. The summed E-state index contributed by atoms with van der Waals surface area (Å²) in [5.74, 6) is 1.43. The molecular weight excluding hydrogens is 264 g/mol. The lowest BCUT2D eigenvalue weighted by molar-refractivity contribution is 0.415. The lowest BCUT2D eigenvalue weighted by Crippen LogP contribution is -1.98. The molecule has 0 saturated heterocycles. The van der Waals surface area contributed by atoms with Crippen LogP contribution in [0.1, 0.15) is 0 Å². The molecule has 2 aromatic heterocycles. The van der Waals surface area contributed by atoms with Crippen LogP contribution in [0, 0.1) is 0 Å². The van der Waals surface area contributed by atoms with Gasteiger partial charge in [-0.25, -0.2) is 0 Å². The standard InChI is InChI=1S/C16H16N4O/c1-20-16(17)14(12-4-3-9-18-10-12)15(19-20)11-5-7-13(21-2)8-6-11/h3-10H,17H2,1-2H3. The number of nitrogens with zero attached hydrogens (tertiary/aromatic N) is 3. The third-order valence-electron chi connectivity index (χ3n) is 3.41. The van der Waals surface area contributed by atoms with Crippen LogP contribution in [-0.2, 0) is 7.05 Å². The van der Waals surface area contributed by atoms with Crippen molar-refractivity contribution in [2.45, 2.75) is 0 Å². The molecule has 0 aliphatic rings. The Morgan fingerprint density at radius 1 is 1.10 bits per heavy atom. The van der Waals surface area contributed by atoms with E-state index in [9.17, 15) is 0 Å². The van der Waals surface area contributed by atoms with Gasteiger partial charge in [0.2, 0.25) is 0 Å². The van der Waals surface area contributed by atoms with Crippen LogP contribution in [0.5, 0.6) is 5.75 Å². The molecule has 0 atom stereocenters. The van der Waals surface area contributed by atoms with Gasteiger partial charge in [0.15, 0.2) is 0 Å². The molecule has 5 nitrogen and oxygen atoms in total. The fourth-order valence-corrected chi connectivity index (χ4v) is 2.28. The monoisotopic (exact) mass is 280 g/mol. The first-order valence-corrected chi connectivity index (χ1v) is 6.58. The minimum atomic E-state index is 0.619. The maximum atomic E-state index is 6.18. The van der Waals surface area contributed by atoms with Gasteiger partial charge in [0.05, 0.1) is 12.7 Å². The van der Waals surface area contributed by atoms with Crippen LogP contribution in [0.25, 0.3) is 22.4 Å². The topological polar surface area (TPSA) is 66.0 Å². The molecule has 1 aromatic carbocycles. The normalized spacial score (nSPS) is 10.6. The van der Waals surface area contributed by atoms with Crippen molar-refractivity contribution < 1.29 is 4.74 Å². The molecule has 0 bridgehead atoms. The summed E-state index contributed by atoms with van der Waals surface area (Å²) >= 11 is 0. The smallest absolute Gasteiger partial charge is 0.129 e. The summed E-state index contributed by atoms with van der Waals surface area (Å²) in [4.78, 5) is 4.16. The molecule has 3 rings (SSSR count). The molecule has 0 fully saturated rings. The van der Waals surface area contributed by atoms with Crippen molar-refractivity contribution in [3.05, 3.63) is 48.8 Å². The number of benzene rings is 1. The van der Waals surface area contributed by atoms with E-state index in [1.54, 1.807) is 24.2 Å². The number of methoxy groups -OCH3 is 1. The number of anilines is 1. The van der Waals surface area contributed by atoms with Gasteiger partial charge in [0.25, 0.3) is 0 Å². The number of aromatic nitrogens is 3. The Balaban J connectivity index is 2.16. The van der Waals surface area contributed by atoms with Gasteiger partial charge >= 0.3 is 0 Å². The second kappa shape index (κ2) is 5.28. The minimum Gasteiger partial charge on any atom is -0.497 e. The lowest BCUT2D eigenvalue weighted by Gasteiger charge is -2.05. The Kier molecular flexibility index (Phi) is 3.31. The van der Waals surface area contributed by atoms with Crippen LogP contribution >= 0.6 is 0 Å².